The summed E-state index contributed by atoms with van der Waals surface area (Å²) in [6, 6.07) is 0. The molecule has 0 aliphatic carbocycles. The van der Waals surface area contributed by atoms with E-state index in [0.717, 1.165) is 0 Å². The Bertz CT molecular complexity index is 796. The van der Waals surface area contributed by atoms with Gasteiger partial charge in [-0.05, 0) is 13.8 Å². The first-order chi connectivity index (χ1) is 11.6. The molecule has 8 heteroatoms. The summed E-state index contributed by atoms with van der Waals surface area (Å²) in [5, 5.41) is 0. The monoisotopic (exact) mass is 350 g/mol. The van der Waals surface area contributed by atoms with Gasteiger partial charge in [0.15, 0.2) is 0 Å². The molecule has 0 aliphatic rings. The third-order valence-electron chi connectivity index (χ3n) is 3.49. The van der Waals surface area contributed by atoms with Gasteiger partial charge in [0.05, 0.1) is 0 Å². The number of hydrogen-bond acceptors (Lipinski definition) is 3. The van der Waals surface area contributed by atoms with E-state index in [0.29, 0.717) is 24.6 Å². The van der Waals surface area contributed by atoms with E-state index < -0.39 is 10.8 Å². The van der Waals surface area contributed by atoms with Crippen LogP contribution in [0.1, 0.15) is 13.8 Å². The van der Waals surface area contributed by atoms with Gasteiger partial charge >= 0.3 is 11.4 Å². The van der Waals surface area contributed by atoms with Crippen LogP contribution in [0.5, 0.6) is 0 Å². The smallest absolute Gasteiger partial charge is 0.298 e. The van der Waals surface area contributed by atoms with Gasteiger partial charge in [0.25, 0.3) is 0 Å². The minimum Gasteiger partial charge on any atom is -0.298 e. The fraction of sp³-hybridized carbons (Fsp3) is 0.375. The molecule has 130 valence electrons. The Morgan fingerprint density at radius 1 is 0.833 bits per heavy atom. The van der Waals surface area contributed by atoms with Crippen molar-refractivity contribution < 1.29 is 4.21 Å². The largest absolute Gasteiger partial charge is 0.332 e. The molecule has 2 rings (SSSR count). The molecule has 7 nitrogen and oxygen atoms in total. The Labute approximate surface area is 142 Å². The number of nitrogens with zero attached hydrogens (tertiary/aromatic N) is 4. The molecule has 0 bridgehead atoms. The Kier molecular flexibility index (Phi) is 6.36. The predicted molar refractivity (Wildman–Crippen MR) is 97.3 cm³/mol. The maximum atomic E-state index is 12.1. The first-order valence-corrected chi connectivity index (χ1v) is 9.20. The Morgan fingerprint density at radius 3 is 1.62 bits per heavy atom. The lowest BCUT2D eigenvalue weighted by atomic mass is 10.7. The second kappa shape index (κ2) is 8.49. The normalized spacial score (nSPS) is 12.1. The standard InChI is InChI=1S/C16H22N4O3S/c1-3-5-17-7-9-19(15(17)21)11-13-24(23)14-12-20-10-8-18(6-4-2)16(20)22/h3-10H,11-14H2,1-2H3/b5-3+,6-4+. The Morgan fingerprint density at radius 2 is 1.25 bits per heavy atom. The summed E-state index contributed by atoms with van der Waals surface area (Å²) >= 11 is 0. The average molecular weight is 350 g/mol. The van der Waals surface area contributed by atoms with Gasteiger partial charge in [-0.25, -0.2) is 9.59 Å². The molecule has 0 N–H and O–H groups in total. The molecule has 0 aliphatic heterocycles. The molecular formula is C16H22N4O3S. The van der Waals surface area contributed by atoms with Crippen LogP contribution in [0.3, 0.4) is 0 Å². The number of aryl methyl sites for hydroxylation is 2. The van der Waals surface area contributed by atoms with E-state index in [1.165, 1.54) is 18.3 Å². The van der Waals surface area contributed by atoms with Crippen molar-refractivity contribution >= 4 is 23.2 Å². The second-order valence-corrected chi connectivity index (χ2v) is 6.87. The molecule has 2 aromatic heterocycles. The van der Waals surface area contributed by atoms with E-state index in [4.69, 9.17) is 0 Å². The van der Waals surface area contributed by atoms with Crippen molar-refractivity contribution in [2.75, 3.05) is 11.5 Å². The highest BCUT2D eigenvalue weighted by atomic mass is 32.2. The molecule has 0 spiro atoms. The van der Waals surface area contributed by atoms with Crippen LogP contribution in [0.4, 0.5) is 0 Å². The van der Waals surface area contributed by atoms with Crippen LogP contribution in [0, 0.1) is 0 Å². The SMILES string of the molecule is C/C=C/n1ccn(CCS(=O)CCn2ccn(/C=C/C)c2=O)c1=O. The lowest BCUT2D eigenvalue weighted by Crippen LogP contribution is -2.26. The van der Waals surface area contributed by atoms with Crippen molar-refractivity contribution in [2.24, 2.45) is 0 Å². The van der Waals surface area contributed by atoms with Gasteiger partial charge in [-0.15, -0.1) is 0 Å². The summed E-state index contributed by atoms with van der Waals surface area (Å²) in [7, 11) is -1.10. The Hall–Kier alpha value is -2.35. The van der Waals surface area contributed by atoms with E-state index in [9.17, 15) is 13.8 Å². The van der Waals surface area contributed by atoms with Crippen LogP contribution < -0.4 is 11.4 Å². The van der Waals surface area contributed by atoms with Gasteiger partial charge in [-0.2, -0.15) is 0 Å². The maximum Gasteiger partial charge on any atom is 0.332 e. The fourth-order valence-corrected chi connectivity index (χ4v) is 3.25. The molecule has 0 saturated carbocycles. The lowest BCUT2D eigenvalue weighted by molar-refractivity contribution is 0.655. The van der Waals surface area contributed by atoms with Gasteiger partial charge in [-0.1, -0.05) is 12.2 Å². The van der Waals surface area contributed by atoms with Gasteiger partial charge in [-0.3, -0.25) is 22.5 Å². The van der Waals surface area contributed by atoms with Gasteiger partial charge < -0.3 is 0 Å². The van der Waals surface area contributed by atoms with E-state index >= 15 is 0 Å². The molecule has 0 unspecified atom stereocenters. The zero-order chi connectivity index (χ0) is 17.5. The van der Waals surface area contributed by atoms with Gasteiger partial charge in [0.2, 0.25) is 0 Å². The zero-order valence-electron chi connectivity index (χ0n) is 13.9. The highest BCUT2D eigenvalue weighted by Gasteiger charge is 2.06. The van der Waals surface area contributed by atoms with Crippen molar-refractivity contribution in [2.45, 2.75) is 26.9 Å². The first-order valence-electron chi connectivity index (χ1n) is 7.72. The molecule has 0 aromatic carbocycles. The van der Waals surface area contributed by atoms with E-state index in [-0.39, 0.29) is 11.4 Å². The summed E-state index contributed by atoms with van der Waals surface area (Å²) in [5.41, 5.74) is -0.297. The first kappa shape index (κ1) is 18.0. The van der Waals surface area contributed by atoms with E-state index in [2.05, 4.69) is 0 Å². The van der Waals surface area contributed by atoms with E-state index in [1.54, 1.807) is 49.3 Å². The third kappa shape index (κ3) is 4.35. The summed E-state index contributed by atoms with van der Waals surface area (Å²) < 4.78 is 18.1. The molecule has 0 fully saturated rings. The minimum atomic E-state index is -1.10. The van der Waals surface area contributed by atoms with E-state index in [1.807, 2.05) is 13.8 Å². The average Bonchev–Trinajstić information content (AvgIpc) is 3.09. The summed E-state index contributed by atoms with van der Waals surface area (Å²) in [6.07, 6.45) is 13.6. The number of aromatic nitrogens is 4. The quantitative estimate of drug-likeness (QED) is 0.714. The topological polar surface area (TPSA) is 70.9 Å². The summed E-state index contributed by atoms with van der Waals surface area (Å²) in [5.74, 6) is 0.758. The highest BCUT2D eigenvalue weighted by molar-refractivity contribution is 7.84. The van der Waals surface area contributed by atoms with Crippen molar-refractivity contribution in [3.8, 4) is 0 Å². The highest BCUT2D eigenvalue weighted by Crippen LogP contribution is 1.93. The van der Waals surface area contributed by atoms with Gasteiger partial charge in [0, 0.05) is 72.6 Å². The van der Waals surface area contributed by atoms with Crippen molar-refractivity contribution in [1.82, 2.24) is 18.3 Å². The molecule has 24 heavy (non-hydrogen) atoms. The van der Waals surface area contributed by atoms with Crippen LogP contribution >= 0.6 is 0 Å². The lowest BCUT2D eigenvalue weighted by Gasteiger charge is -2.03. The van der Waals surface area contributed by atoms with Crippen molar-refractivity contribution in [3.63, 3.8) is 0 Å². The van der Waals surface area contributed by atoms with Crippen molar-refractivity contribution in [1.29, 1.82) is 0 Å². The summed E-state index contributed by atoms with van der Waals surface area (Å²) in [4.78, 5) is 24.0. The van der Waals surface area contributed by atoms with Crippen LogP contribution in [0.15, 0.2) is 46.5 Å². The molecule has 0 saturated heterocycles. The predicted octanol–water partition coefficient (Wildman–Crippen LogP) is 1.04. The number of allylic oxidation sites excluding steroid dienone is 2. The fourth-order valence-electron chi connectivity index (χ4n) is 2.25. The molecule has 2 heterocycles. The van der Waals surface area contributed by atoms with Crippen LogP contribution in [0.2, 0.25) is 0 Å². The molecular weight excluding hydrogens is 328 g/mol. The maximum absolute atomic E-state index is 12.1. The summed E-state index contributed by atoms with van der Waals surface area (Å²) in [6.45, 7) is 4.46. The molecule has 0 radical (unpaired) electrons. The minimum absolute atomic E-state index is 0.148. The van der Waals surface area contributed by atoms with Gasteiger partial charge in [0.1, 0.15) is 0 Å². The third-order valence-corrected chi connectivity index (χ3v) is 4.76. The molecule has 2 aromatic rings. The molecule has 0 amide bonds. The van der Waals surface area contributed by atoms with Crippen LogP contribution in [-0.2, 0) is 23.9 Å². The Balaban J connectivity index is 1.88. The van der Waals surface area contributed by atoms with Crippen LogP contribution in [0.25, 0.3) is 12.4 Å². The number of imidazole rings is 2. The number of rotatable bonds is 8. The number of hydrogen-bond donors (Lipinski definition) is 0. The van der Waals surface area contributed by atoms with Crippen LogP contribution in [-0.4, -0.2) is 34.0 Å². The van der Waals surface area contributed by atoms with Crippen molar-refractivity contribution in [3.05, 3.63) is 57.9 Å². The zero-order valence-corrected chi connectivity index (χ0v) is 14.7. The molecule has 0 atom stereocenters. The second-order valence-electron chi connectivity index (χ2n) is 5.18.